The fourth-order valence-corrected chi connectivity index (χ4v) is 5.11. The van der Waals surface area contributed by atoms with E-state index < -0.39 is 38.1 Å². The van der Waals surface area contributed by atoms with Crippen LogP contribution < -0.4 is 11.3 Å². The summed E-state index contributed by atoms with van der Waals surface area (Å²) in [5, 5.41) is 11.2. The van der Waals surface area contributed by atoms with Gasteiger partial charge in [-0.2, -0.15) is 4.98 Å². The number of nitrogens with two attached hydrogens (primary N) is 1. The van der Waals surface area contributed by atoms with Crippen molar-refractivity contribution in [2.24, 2.45) is 5.92 Å². The highest BCUT2D eigenvalue weighted by Crippen LogP contribution is 2.39. The van der Waals surface area contributed by atoms with Crippen molar-refractivity contribution in [3.63, 3.8) is 0 Å². The first kappa shape index (κ1) is 23.6. The Bertz CT molecular complexity index is 1270. The zero-order chi connectivity index (χ0) is 24.5. The van der Waals surface area contributed by atoms with Gasteiger partial charge in [-0.15, -0.1) is 0 Å². The highest BCUT2D eigenvalue weighted by Gasteiger charge is 2.46. The van der Waals surface area contributed by atoms with E-state index in [0.29, 0.717) is 26.3 Å². The summed E-state index contributed by atoms with van der Waals surface area (Å²) in [5.41, 5.74) is 5.31. The van der Waals surface area contributed by atoms with Gasteiger partial charge in [0.1, 0.15) is 12.4 Å². The second kappa shape index (κ2) is 9.87. The number of ether oxygens (including phenoxy) is 2. The number of hydrogen-bond donors (Lipinski definition) is 3. The SMILES string of the molecule is Nc1nc2c(ncn2[C@@H]2O[C@H](CO[PH](=O)n3ccnc3)[C@@H](CC(=O)N3CCOCC3)[C@H]2O)c(=O)[nH]1. The number of rotatable bonds is 7. The largest absolute Gasteiger partial charge is 0.388 e. The molecular weight excluding hydrogens is 483 g/mol. The van der Waals surface area contributed by atoms with Crippen LogP contribution in [0.4, 0.5) is 5.95 Å². The normalized spacial score (nSPS) is 25.8. The highest BCUT2D eigenvalue weighted by molar-refractivity contribution is 7.37. The smallest absolute Gasteiger partial charge is 0.289 e. The van der Waals surface area contributed by atoms with Crippen LogP contribution >= 0.6 is 8.18 Å². The number of fused-ring (bicyclic) bond motifs is 1. The van der Waals surface area contributed by atoms with E-state index in [-0.39, 0.29) is 36.0 Å². The highest BCUT2D eigenvalue weighted by atomic mass is 31.1. The van der Waals surface area contributed by atoms with Gasteiger partial charge in [-0.05, 0) is 0 Å². The molecule has 1 amide bonds. The Kier molecular flexibility index (Phi) is 6.67. The number of aromatic amines is 1. The number of hydrogen-bond acceptors (Lipinski definition) is 11. The van der Waals surface area contributed by atoms with E-state index in [1.54, 1.807) is 4.90 Å². The number of nitrogens with zero attached hydrogens (tertiary/aromatic N) is 6. The van der Waals surface area contributed by atoms with Crippen molar-refractivity contribution in [2.45, 2.75) is 24.9 Å². The number of morpholine rings is 1. The zero-order valence-corrected chi connectivity index (χ0v) is 19.5. The van der Waals surface area contributed by atoms with Crippen LogP contribution in [0, 0.1) is 5.92 Å². The Morgan fingerprint density at radius 1 is 1.34 bits per heavy atom. The lowest BCUT2D eigenvalue weighted by atomic mass is 9.93. The third-order valence-corrected chi connectivity index (χ3v) is 7.21. The molecule has 188 valence electrons. The van der Waals surface area contributed by atoms with Crippen LogP contribution in [0.5, 0.6) is 0 Å². The maximum Gasteiger partial charge on any atom is 0.289 e. The first-order chi connectivity index (χ1) is 16.9. The minimum atomic E-state index is -2.68. The van der Waals surface area contributed by atoms with Gasteiger partial charge in [-0.25, -0.2) is 9.97 Å². The number of nitrogen functional groups attached to an aromatic ring is 1. The van der Waals surface area contributed by atoms with Gasteiger partial charge < -0.3 is 29.7 Å². The molecule has 35 heavy (non-hydrogen) atoms. The quantitative estimate of drug-likeness (QED) is 0.331. The number of H-pyrrole nitrogens is 1. The summed E-state index contributed by atoms with van der Waals surface area (Å²) in [5.74, 6) is -0.970. The topological polar surface area (TPSA) is 193 Å². The van der Waals surface area contributed by atoms with Gasteiger partial charge in [-0.1, -0.05) is 0 Å². The first-order valence-corrected chi connectivity index (χ1v) is 12.2. The van der Waals surface area contributed by atoms with Crippen molar-refractivity contribution in [1.29, 1.82) is 0 Å². The maximum atomic E-state index is 13.0. The summed E-state index contributed by atoms with van der Waals surface area (Å²) in [4.78, 5) is 41.2. The molecule has 5 heterocycles. The van der Waals surface area contributed by atoms with Crippen LogP contribution in [0.3, 0.4) is 0 Å². The molecule has 2 aliphatic rings. The average Bonchev–Trinajstić information content (AvgIpc) is 3.59. The van der Waals surface area contributed by atoms with Crippen molar-refractivity contribution in [3.05, 3.63) is 35.4 Å². The second-order valence-electron chi connectivity index (χ2n) is 8.24. The van der Waals surface area contributed by atoms with Crippen LogP contribution in [-0.4, -0.2) is 89.9 Å². The molecule has 0 saturated carbocycles. The molecule has 0 aliphatic carbocycles. The fraction of sp³-hybridized carbons (Fsp3) is 0.526. The van der Waals surface area contributed by atoms with Crippen LogP contribution in [0.15, 0.2) is 29.8 Å². The molecule has 5 atom stereocenters. The Labute approximate surface area is 198 Å². The molecule has 16 heteroatoms. The number of carbonyl (C=O) groups excluding carboxylic acids is 1. The van der Waals surface area contributed by atoms with Crippen molar-refractivity contribution in [1.82, 2.24) is 33.7 Å². The van der Waals surface area contributed by atoms with Gasteiger partial charge in [0.05, 0.1) is 32.3 Å². The van der Waals surface area contributed by atoms with Crippen molar-refractivity contribution >= 4 is 31.2 Å². The standard InChI is InChI=1S/C19H25N8O7P/c20-19-23-16-14(17(30)24-19)22-10-27(16)18-15(29)11(7-13(28)25-3-5-32-6-4-25)12(34-18)8-33-35(31)26-2-1-21-9-26/h1-2,9-12,15,18,29,35H,3-8H2,(H3,20,23,24,30)/t11-,12-,15-,18-/m1/s1. The Balaban J connectivity index is 1.40. The molecule has 15 nitrogen and oxygen atoms in total. The Morgan fingerprint density at radius 3 is 2.89 bits per heavy atom. The lowest BCUT2D eigenvalue weighted by Crippen LogP contribution is -2.43. The Morgan fingerprint density at radius 2 is 2.14 bits per heavy atom. The summed E-state index contributed by atoms with van der Waals surface area (Å²) in [6.45, 7) is 1.66. The molecule has 4 N–H and O–H groups in total. The lowest BCUT2D eigenvalue weighted by Gasteiger charge is -2.29. The van der Waals surface area contributed by atoms with Gasteiger partial charge >= 0.3 is 0 Å². The van der Waals surface area contributed by atoms with Gasteiger partial charge in [-0.3, -0.25) is 28.0 Å². The fourth-order valence-electron chi connectivity index (χ4n) is 4.30. The number of anilines is 1. The molecule has 3 aromatic heterocycles. The van der Waals surface area contributed by atoms with E-state index in [4.69, 9.17) is 19.7 Å². The van der Waals surface area contributed by atoms with Gasteiger partial charge in [0.15, 0.2) is 17.4 Å². The van der Waals surface area contributed by atoms with Crippen molar-refractivity contribution in [2.75, 3.05) is 38.6 Å². The predicted molar refractivity (Wildman–Crippen MR) is 121 cm³/mol. The van der Waals surface area contributed by atoms with E-state index >= 15 is 0 Å². The van der Waals surface area contributed by atoms with Gasteiger partial charge in [0.25, 0.3) is 13.7 Å². The second-order valence-corrected chi connectivity index (χ2v) is 9.58. The minimum Gasteiger partial charge on any atom is -0.388 e. The van der Waals surface area contributed by atoms with E-state index in [9.17, 15) is 19.3 Å². The van der Waals surface area contributed by atoms with Crippen LogP contribution in [0.25, 0.3) is 11.2 Å². The molecule has 1 unspecified atom stereocenters. The number of aromatic nitrogens is 6. The number of aliphatic hydroxyl groups excluding tert-OH is 1. The molecule has 3 aromatic rings. The molecule has 0 spiro atoms. The molecule has 2 fully saturated rings. The molecule has 0 aromatic carbocycles. The van der Waals surface area contributed by atoms with Gasteiger partial charge in [0, 0.05) is 37.8 Å². The number of aliphatic hydroxyl groups is 1. The number of carbonyl (C=O) groups is 1. The maximum absolute atomic E-state index is 13.0. The predicted octanol–water partition coefficient (Wildman–Crippen LogP) is -1.02. The first-order valence-electron chi connectivity index (χ1n) is 11.0. The summed E-state index contributed by atoms with van der Waals surface area (Å²) < 4.78 is 32.2. The molecule has 5 rings (SSSR count). The number of amides is 1. The molecule has 2 aliphatic heterocycles. The molecule has 0 radical (unpaired) electrons. The summed E-state index contributed by atoms with van der Waals surface area (Å²) in [6, 6.07) is 0. The molecule has 0 bridgehead atoms. The zero-order valence-electron chi connectivity index (χ0n) is 18.5. The molecule has 2 saturated heterocycles. The number of nitrogens with one attached hydrogen (secondary N) is 1. The van der Waals surface area contributed by atoms with Crippen LogP contribution in [0.2, 0.25) is 0 Å². The van der Waals surface area contributed by atoms with Crippen LogP contribution in [0.1, 0.15) is 12.6 Å². The lowest BCUT2D eigenvalue weighted by molar-refractivity contribution is -0.137. The monoisotopic (exact) mass is 508 g/mol. The summed E-state index contributed by atoms with van der Waals surface area (Å²) in [6.07, 6.45) is 2.67. The van der Waals surface area contributed by atoms with Crippen LogP contribution in [-0.2, 0) is 23.4 Å². The minimum absolute atomic E-state index is 0.0273. The Hall–Kier alpha value is -3.10. The number of imidazole rings is 2. The van der Waals surface area contributed by atoms with E-state index in [0.717, 1.165) is 0 Å². The van der Waals surface area contributed by atoms with Crippen molar-refractivity contribution < 1.29 is 28.5 Å². The van der Waals surface area contributed by atoms with Gasteiger partial charge in [0.2, 0.25) is 11.9 Å². The third kappa shape index (κ3) is 4.73. The van der Waals surface area contributed by atoms with Crippen molar-refractivity contribution in [3.8, 4) is 0 Å². The summed E-state index contributed by atoms with van der Waals surface area (Å²) >= 11 is 0. The summed E-state index contributed by atoms with van der Waals surface area (Å²) in [7, 11) is -2.68. The van der Waals surface area contributed by atoms with E-state index in [1.165, 1.54) is 34.0 Å². The van der Waals surface area contributed by atoms with E-state index in [1.807, 2.05) is 0 Å². The average molecular weight is 508 g/mol. The van der Waals surface area contributed by atoms with E-state index in [2.05, 4.69) is 19.9 Å². The molecular formula is C19H25N8O7P. The third-order valence-electron chi connectivity index (χ3n) is 6.11.